The summed E-state index contributed by atoms with van der Waals surface area (Å²) in [4.78, 5) is 53.7. The maximum absolute atomic E-state index is 14.0. The second-order valence-corrected chi connectivity index (χ2v) is 14.3. The number of fused-ring (bicyclic) bond motifs is 3. The quantitative estimate of drug-likeness (QED) is 0.182. The summed E-state index contributed by atoms with van der Waals surface area (Å²) >= 11 is 12.5. The van der Waals surface area contributed by atoms with Crippen molar-refractivity contribution >= 4 is 63.8 Å². The van der Waals surface area contributed by atoms with Crippen LogP contribution in [0.25, 0.3) is 11.5 Å². The highest BCUT2D eigenvalue weighted by Crippen LogP contribution is 2.43. The molecular formula is C39H34Cl2N6O5. The molecule has 3 amide bonds. The lowest BCUT2D eigenvalue weighted by Gasteiger charge is -2.53. The van der Waals surface area contributed by atoms with E-state index in [1.165, 1.54) is 0 Å². The van der Waals surface area contributed by atoms with Crippen molar-refractivity contribution in [2.45, 2.75) is 26.2 Å². The third kappa shape index (κ3) is 6.40. The van der Waals surface area contributed by atoms with Crippen molar-refractivity contribution in [2.75, 3.05) is 53.3 Å². The molecule has 2 aromatic carbocycles. The summed E-state index contributed by atoms with van der Waals surface area (Å²) < 4.78 is 11.6. The van der Waals surface area contributed by atoms with Gasteiger partial charge in [-0.3, -0.25) is 19.4 Å². The predicted octanol–water partition coefficient (Wildman–Crippen LogP) is 7.68. The molecule has 264 valence electrons. The predicted molar refractivity (Wildman–Crippen MR) is 200 cm³/mol. The Morgan fingerprint density at radius 2 is 1.63 bits per heavy atom. The van der Waals surface area contributed by atoms with Gasteiger partial charge < -0.3 is 29.6 Å². The average molecular weight is 738 g/mol. The van der Waals surface area contributed by atoms with Crippen LogP contribution in [0, 0.1) is 12.3 Å². The first-order chi connectivity index (χ1) is 25.2. The van der Waals surface area contributed by atoms with Gasteiger partial charge in [-0.25, -0.2) is 4.98 Å². The molecule has 2 fully saturated rings. The highest BCUT2D eigenvalue weighted by molar-refractivity contribution is 6.40. The van der Waals surface area contributed by atoms with Gasteiger partial charge in [0.05, 0.1) is 27.0 Å². The van der Waals surface area contributed by atoms with Crippen LogP contribution in [0.15, 0.2) is 83.5 Å². The van der Waals surface area contributed by atoms with Crippen LogP contribution in [0.2, 0.25) is 10.0 Å². The van der Waals surface area contributed by atoms with Crippen LogP contribution in [-0.4, -0.2) is 60.5 Å². The molecule has 52 heavy (non-hydrogen) atoms. The number of aromatic nitrogens is 2. The lowest BCUT2D eigenvalue weighted by atomic mass is 9.73. The molecule has 6 heterocycles. The van der Waals surface area contributed by atoms with Gasteiger partial charge in [0.1, 0.15) is 11.5 Å². The van der Waals surface area contributed by atoms with Gasteiger partial charge in [0.25, 0.3) is 17.7 Å². The number of rotatable bonds is 6. The summed E-state index contributed by atoms with van der Waals surface area (Å²) in [5, 5.41) is 6.32. The lowest BCUT2D eigenvalue weighted by Crippen LogP contribution is -2.59. The van der Waals surface area contributed by atoms with Gasteiger partial charge in [0.15, 0.2) is 11.5 Å². The molecule has 1 spiro atoms. The summed E-state index contributed by atoms with van der Waals surface area (Å²) in [6, 6.07) is 18.8. The number of para-hydroxylation sites is 1. The third-order valence-electron chi connectivity index (χ3n) is 9.92. The van der Waals surface area contributed by atoms with E-state index < -0.39 is 5.91 Å². The highest BCUT2D eigenvalue weighted by Gasteiger charge is 2.45. The zero-order valence-electron chi connectivity index (χ0n) is 28.2. The van der Waals surface area contributed by atoms with Crippen molar-refractivity contribution in [1.29, 1.82) is 0 Å². The summed E-state index contributed by atoms with van der Waals surface area (Å²) in [5.74, 6) is 0.134. The number of hydrogen-bond acceptors (Lipinski definition) is 8. The molecule has 0 unspecified atom stereocenters. The van der Waals surface area contributed by atoms with Gasteiger partial charge in [0.2, 0.25) is 0 Å². The van der Waals surface area contributed by atoms with Crippen LogP contribution in [0.1, 0.15) is 55.2 Å². The number of furan rings is 1. The zero-order chi connectivity index (χ0) is 36.0. The van der Waals surface area contributed by atoms with Gasteiger partial charge in [-0.2, -0.15) is 0 Å². The van der Waals surface area contributed by atoms with Gasteiger partial charge in [-0.05, 0) is 92.4 Å². The SMILES string of the molecule is Cc1cnc(N2CC3(CCOCC3)C2)c(C(=O)Nc2ccc(C(=O)N3CCc4cc(C(=O)Nc5c(Cl)cccc5Cl)oc4-c4ncccc43)cc2)c1. The molecule has 2 N–H and O–H groups in total. The maximum atomic E-state index is 14.0. The van der Waals surface area contributed by atoms with E-state index in [-0.39, 0.29) is 28.7 Å². The van der Waals surface area contributed by atoms with E-state index in [0.29, 0.717) is 62.8 Å². The van der Waals surface area contributed by atoms with Crippen LogP contribution in [0.5, 0.6) is 0 Å². The van der Waals surface area contributed by atoms with Crippen molar-refractivity contribution in [3.8, 4) is 11.5 Å². The van der Waals surface area contributed by atoms with E-state index in [1.54, 1.807) is 78.0 Å². The van der Waals surface area contributed by atoms with Gasteiger partial charge in [0, 0.05) is 67.5 Å². The summed E-state index contributed by atoms with van der Waals surface area (Å²) in [7, 11) is 0. The molecule has 3 aliphatic heterocycles. The first-order valence-electron chi connectivity index (χ1n) is 17.0. The Balaban J connectivity index is 0.976. The second kappa shape index (κ2) is 13.7. The molecule has 3 aromatic heterocycles. The molecule has 3 aliphatic rings. The number of benzene rings is 2. The Hall–Kier alpha value is -5.23. The average Bonchev–Trinajstić information content (AvgIpc) is 3.51. The minimum absolute atomic E-state index is 0.0664. The number of halogens is 2. The van der Waals surface area contributed by atoms with Crippen molar-refractivity contribution in [2.24, 2.45) is 5.41 Å². The Morgan fingerprint density at radius 3 is 2.38 bits per heavy atom. The maximum Gasteiger partial charge on any atom is 0.291 e. The molecule has 0 aliphatic carbocycles. The Kier molecular flexibility index (Phi) is 8.94. The van der Waals surface area contributed by atoms with Crippen LogP contribution in [-0.2, 0) is 11.2 Å². The molecular weight excluding hydrogens is 703 g/mol. The van der Waals surface area contributed by atoms with Gasteiger partial charge in [-0.15, -0.1) is 0 Å². The van der Waals surface area contributed by atoms with Gasteiger partial charge >= 0.3 is 0 Å². The number of carbonyl (C=O) groups excluding carboxylic acids is 3. The van der Waals surface area contributed by atoms with E-state index in [4.69, 9.17) is 32.4 Å². The molecule has 13 heteroatoms. The molecule has 0 bridgehead atoms. The molecule has 8 rings (SSSR count). The number of pyridine rings is 2. The molecule has 5 aromatic rings. The summed E-state index contributed by atoms with van der Waals surface area (Å²) in [5.41, 5.74) is 4.64. The smallest absolute Gasteiger partial charge is 0.291 e. The number of nitrogens with one attached hydrogen (secondary N) is 2. The number of aryl methyl sites for hydroxylation is 1. The van der Waals surface area contributed by atoms with Crippen molar-refractivity contribution < 1.29 is 23.5 Å². The van der Waals surface area contributed by atoms with Crippen molar-refractivity contribution in [3.05, 3.63) is 117 Å². The van der Waals surface area contributed by atoms with E-state index >= 15 is 0 Å². The van der Waals surface area contributed by atoms with Gasteiger partial charge in [-0.1, -0.05) is 29.3 Å². The van der Waals surface area contributed by atoms with E-state index in [9.17, 15) is 14.4 Å². The van der Waals surface area contributed by atoms with Crippen LogP contribution >= 0.6 is 23.2 Å². The highest BCUT2D eigenvalue weighted by atomic mass is 35.5. The Labute approximate surface area is 309 Å². The van der Waals surface area contributed by atoms with Crippen LogP contribution < -0.4 is 20.4 Å². The fourth-order valence-electron chi connectivity index (χ4n) is 7.14. The largest absolute Gasteiger partial charge is 0.449 e. The number of carbonyl (C=O) groups is 3. The monoisotopic (exact) mass is 736 g/mol. The molecule has 2 saturated heterocycles. The number of nitrogens with zero attached hydrogens (tertiary/aromatic N) is 4. The van der Waals surface area contributed by atoms with E-state index in [0.717, 1.165) is 50.3 Å². The minimum atomic E-state index is -0.514. The lowest BCUT2D eigenvalue weighted by molar-refractivity contribution is -0.000511. The Bertz CT molecular complexity index is 2190. The standard InChI is InChI=1S/C39H34Cl2N6O5/c1-23-18-27(35(43-20-23)46-21-39(22-46)12-16-51-17-13-39)36(48)44-26-9-7-24(8-10-26)38(50)47-15-11-25-19-31(52-34(25)33-30(47)6-3-14-42-33)37(49)45-32-28(40)4-2-5-29(32)41/h2-10,14,18-20H,11-13,15-17,21-22H2,1H3,(H,44,48)(H,45,49). The molecule has 0 radical (unpaired) electrons. The number of hydrogen-bond donors (Lipinski definition) is 2. The van der Waals surface area contributed by atoms with Crippen LogP contribution in [0.3, 0.4) is 0 Å². The first kappa shape index (κ1) is 33.9. The second-order valence-electron chi connectivity index (χ2n) is 13.5. The minimum Gasteiger partial charge on any atom is -0.449 e. The third-order valence-corrected chi connectivity index (χ3v) is 10.5. The van der Waals surface area contributed by atoms with E-state index in [2.05, 4.69) is 25.5 Å². The molecule has 11 nitrogen and oxygen atoms in total. The fourth-order valence-corrected chi connectivity index (χ4v) is 7.63. The van der Waals surface area contributed by atoms with Crippen molar-refractivity contribution in [1.82, 2.24) is 9.97 Å². The number of anilines is 4. The summed E-state index contributed by atoms with van der Waals surface area (Å²) in [6.07, 6.45) is 5.85. The topological polar surface area (TPSA) is 130 Å². The summed E-state index contributed by atoms with van der Waals surface area (Å²) in [6.45, 7) is 5.49. The fraction of sp³-hybridized carbons (Fsp3) is 0.256. The Morgan fingerprint density at radius 1 is 0.885 bits per heavy atom. The first-order valence-corrected chi connectivity index (χ1v) is 17.8. The molecule has 0 saturated carbocycles. The normalized spacial score (nSPS) is 16.0. The molecule has 0 atom stereocenters. The number of amides is 3. The van der Waals surface area contributed by atoms with Crippen molar-refractivity contribution in [3.63, 3.8) is 0 Å². The zero-order valence-corrected chi connectivity index (χ0v) is 29.8. The van der Waals surface area contributed by atoms with E-state index in [1.807, 2.05) is 13.0 Å². The van der Waals surface area contributed by atoms with Crippen LogP contribution in [0.4, 0.5) is 22.9 Å². The number of ether oxygens (including phenoxy) is 1.